The second kappa shape index (κ2) is 11.6. The fraction of sp³-hybridized carbons (Fsp3) is 0.200. The van der Waals surface area contributed by atoms with E-state index in [4.69, 9.17) is 4.74 Å². The van der Waals surface area contributed by atoms with Crippen molar-refractivity contribution in [3.05, 3.63) is 108 Å². The molecule has 0 fully saturated rings. The van der Waals surface area contributed by atoms with Crippen LogP contribution in [0.1, 0.15) is 29.4 Å². The predicted molar refractivity (Wildman–Crippen MR) is 148 cm³/mol. The van der Waals surface area contributed by atoms with Crippen molar-refractivity contribution >= 4 is 28.5 Å². The highest BCUT2D eigenvalue weighted by Crippen LogP contribution is 2.29. The molecule has 2 heterocycles. The highest BCUT2D eigenvalue weighted by molar-refractivity contribution is 5.95. The van der Waals surface area contributed by atoms with Crippen molar-refractivity contribution in [1.29, 1.82) is 0 Å². The van der Waals surface area contributed by atoms with Gasteiger partial charge in [-0.05, 0) is 64.7 Å². The fourth-order valence-electron chi connectivity index (χ4n) is 4.34. The number of carbonyl (C=O) groups is 1. The quantitative estimate of drug-likeness (QED) is 0.288. The van der Waals surface area contributed by atoms with Gasteiger partial charge in [0.2, 0.25) is 5.91 Å². The molecule has 1 amide bonds. The summed E-state index contributed by atoms with van der Waals surface area (Å²) in [6, 6.07) is 26.3. The molecule has 0 atom stereocenters. The number of nitrogens with zero attached hydrogens (tertiary/aromatic N) is 5. The van der Waals surface area contributed by atoms with Gasteiger partial charge in [0, 0.05) is 36.3 Å². The first kappa shape index (κ1) is 25.0. The Morgan fingerprint density at radius 3 is 2.47 bits per heavy atom. The standard InChI is InChI=1S/C30H30N6O2/c1-22(30-31-33-34-32-30)17-25-19-36(20-29(37)35(2)16-15-23-9-5-3-6-10-23)28-14-13-26(18-27(25)28)38-21-24-11-7-4-8-12-24/h3-14,17-19H,15-16,20-21H2,1-2H3,(H,31,32,33,34). The molecule has 0 saturated carbocycles. The summed E-state index contributed by atoms with van der Waals surface area (Å²) < 4.78 is 8.09. The average molecular weight is 507 g/mol. The van der Waals surface area contributed by atoms with Crippen LogP contribution in [0.3, 0.4) is 0 Å². The maximum Gasteiger partial charge on any atom is 0.242 e. The molecule has 0 spiro atoms. The van der Waals surface area contributed by atoms with Crippen molar-refractivity contribution < 1.29 is 9.53 Å². The number of tetrazole rings is 1. The van der Waals surface area contributed by atoms with Gasteiger partial charge in [-0.3, -0.25) is 4.79 Å². The molecule has 0 unspecified atom stereocenters. The summed E-state index contributed by atoms with van der Waals surface area (Å²) >= 11 is 0. The average Bonchev–Trinajstić information content (AvgIpc) is 3.61. The van der Waals surface area contributed by atoms with Gasteiger partial charge in [0.05, 0.1) is 0 Å². The smallest absolute Gasteiger partial charge is 0.242 e. The number of nitrogens with one attached hydrogen (secondary N) is 1. The van der Waals surface area contributed by atoms with Crippen LogP contribution >= 0.6 is 0 Å². The lowest BCUT2D eigenvalue weighted by Gasteiger charge is -2.18. The van der Waals surface area contributed by atoms with Crippen LogP contribution in [-0.4, -0.2) is 49.6 Å². The Morgan fingerprint density at radius 1 is 1.03 bits per heavy atom. The van der Waals surface area contributed by atoms with E-state index in [0.717, 1.165) is 39.8 Å². The molecule has 3 aromatic carbocycles. The van der Waals surface area contributed by atoms with Crippen molar-refractivity contribution in [1.82, 2.24) is 30.1 Å². The van der Waals surface area contributed by atoms with Crippen molar-refractivity contribution in [2.45, 2.75) is 26.5 Å². The molecule has 0 radical (unpaired) electrons. The van der Waals surface area contributed by atoms with Crippen molar-refractivity contribution in [3.63, 3.8) is 0 Å². The molecule has 0 aliphatic heterocycles. The Kier molecular flexibility index (Phi) is 7.59. The number of benzene rings is 3. The van der Waals surface area contributed by atoms with Crippen LogP contribution < -0.4 is 4.74 Å². The zero-order valence-corrected chi connectivity index (χ0v) is 21.5. The first-order valence-electron chi connectivity index (χ1n) is 12.6. The van der Waals surface area contributed by atoms with E-state index in [9.17, 15) is 4.79 Å². The summed E-state index contributed by atoms with van der Waals surface area (Å²) in [5.41, 5.74) is 5.11. The van der Waals surface area contributed by atoms with Gasteiger partial charge in [0.1, 0.15) is 18.9 Å². The van der Waals surface area contributed by atoms with E-state index in [0.29, 0.717) is 19.0 Å². The molecule has 192 valence electrons. The van der Waals surface area contributed by atoms with Crippen LogP contribution in [0.5, 0.6) is 5.75 Å². The Hall–Kier alpha value is -4.72. The summed E-state index contributed by atoms with van der Waals surface area (Å²) in [5, 5.41) is 15.2. The number of aromatic amines is 1. The molecule has 0 aliphatic rings. The number of hydrogen-bond donors (Lipinski definition) is 1. The minimum absolute atomic E-state index is 0.0499. The maximum absolute atomic E-state index is 13.2. The number of rotatable bonds is 10. The number of carbonyl (C=O) groups excluding carboxylic acids is 1. The third-order valence-electron chi connectivity index (χ3n) is 6.53. The van der Waals surface area contributed by atoms with E-state index in [1.54, 1.807) is 4.90 Å². The van der Waals surface area contributed by atoms with Crippen LogP contribution in [0.15, 0.2) is 85.1 Å². The molecule has 0 saturated heterocycles. The summed E-state index contributed by atoms with van der Waals surface area (Å²) in [6.07, 6.45) is 4.84. The molecule has 0 bridgehead atoms. The predicted octanol–water partition coefficient (Wildman–Crippen LogP) is 5.00. The highest BCUT2D eigenvalue weighted by Gasteiger charge is 2.15. The lowest BCUT2D eigenvalue weighted by molar-refractivity contribution is -0.130. The van der Waals surface area contributed by atoms with E-state index in [2.05, 4.69) is 32.8 Å². The number of aromatic nitrogens is 5. The first-order chi connectivity index (χ1) is 18.6. The number of hydrogen-bond acceptors (Lipinski definition) is 5. The van der Waals surface area contributed by atoms with Crippen molar-refractivity contribution in [2.24, 2.45) is 0 Å². The largest absolute Gasteiger partial charge is 0.489 e. The van der Waals surface area contributed by atoms with Crippen LogP contribution in [0.25, 0.3) is 22.6 Å². The van der Waals surface area contributed by atoms with Gasteiger partial charge in [-0.2, -0.15) is 0 Å². The highest BCUT2D eigenvalue weighted by atomic mass is 16.5. The van der Waals surface area contributed by atoms with Crippen LogP contribution in [-0.2, 0) is 24.4 Å². The zero-order valence-electron chi connectivity index (χ0n) is 21.5. The number of likely N-dealkylation sites (N-methyl/N-ethyl adjacent to an activating group) is 1. The number of allylic oxidation sites excluding steroid dienone is 1. The summed E-state index contributed by atoms with van der Waals surface area (Å²) in [4.78, 5) is 14.9. The molecule has 0 aliphatic carbocycles. The summed E-state index contributed by atoms with van der Waals surface area (Å²) in [6.45, 7) is 3.32. The normalized spacial score (nSPS) is 11.6. The van der Waals surface area contributed by atoms with E-state index in [-0.39, 0.29) is 12.5 Å². The van der Waals surface area contributed by atoms with Crippen LogP contribution in [0.4, 0.5) is 0 Å². The molecule has 5 aromatic rings. The van der Waals surface area contributed by atoms with E-state index < -0.39 is 0 Å². The van der Waals surface area contributed by atoms with Gasteiger partial charge in [-0.25, -0.2) is 5.10 Å². The third-order valence-corrected chi connectivity index (χ3v) is 6.53. The zero-order chi connectivity index (χ0) is 26.3. The number of H-pyrrole nitrogens is 1. The SMILES string of the molecule is CC(=Cc1cn(CC(=O)N(C)CCc2ccccc2)c2ccc(OCc3ccccc3)cc12)c1nnn[nH]1. The van der Waals surface area contributed by atoms with Gasteiger partial charge in [-0.1, -0.05) is 60.7 Å². The van der Waals surface area contributed by atoms with Gasteiger partial charge in [0.25, 0.3) is 0 Å². The summed E-state index contributed by atoms with van der Waals surface area (Å²) in [5.74, 6) is 1.41. The van der Waals surface area contributed by atoms with E-state index in [1.807, 2.05) is 97.5 Å². The minimum Gasteiger partial charge on any atom is -0.489 e. The second-order valence-corrected chi connectivity index (χ2v) is 9.29. The van der Waals surface area contributed by atoms with Crippen molar-refractivity contribution in [2.75, 3.05) is 13.6 Å². The molecular weight excluding hydrogens is 476 g/mol. The van der Waals surface area contributed by atoms with Crippen LogP contribution in [0.2, 0.25) is 0 Å². The lowest BCUT2D eigenvalue weighted by Crippen LogP contribution is -2.31. The second-order valence-electron chi connectivity index (χ2n) is 9.29. The summed E-state index contributed by atoms with van der Waals surface area (Å²) in [7, 11) is 1.86. The molecule has 5 rings (SSSR count). The molecule has 8 heteroatoms. The molecule has 2 aromatic heterocycles. The Bertz CT molecular complexity index is 1530. The van der Waals surface area contributed by atoms with E-state index >= 15 is 0 Å². The number of amides is 1. The first-order valence-corrected chi connectivity index (χ1v) is 12.6. The number of fused-ring (bicyclic) bond motifs is 1. The fourth-order valence-corrected chi connectivity index (χ4v) is 4.34. The Labute approximate surface area is 221 Å². The monoisotopic (exact) mass is 506 g/mol. The lowest BCUT2D eigenvalue weighted by atomic mass is 10.1. The van der Waals surface area contributed by atoms with E-state index in [1.165, 1.54) is 5.56 Å². The number of ether oxygens (including phenoxy) is 1. The van der Waals surface area contributed by atoms with Gasteiger partial charge in [0.15, 0.2) is 5.82 Å². The molecule has 8 nitrogen and oxygen atoms in total. The maximum atomic E-state index is 13.2. The minimum atomic E-state index is 0.0499. The molecule has 38 heavy (non-hydrogen) atoms. The topological polar surface area (TPSA) is 88.9 Å². The molecular formula is C30H30N6O2. The van der Waals surface area contributed by atoms with Gasteiger partial charge < -0.3 is 14.2 Å². The van der Waals surface area contributed by atoms with Gasteiger partial charge in [-0.15, -0.1) is 5.10 Å². The Balaban J connectivity index is 1.39. The molecule has 1 N–H and O–H groups in total. The van der Waals surface area contributed by atoms with Crippen molar-refractivity contribution in [3.8, 4) is 5.75 Å². The third kappa shape index (κ3) is 5.98. The van der Waals surface area contributed by atoms with Gasteiger partial charge >= 0.3 is 0 Å². The Morgan fingerprint density at radius 2 is 1.76 bits per heavy atom. The van der Waals surface area contributed by atoms with Crippen LogP contribution in [0, 0.1) is 0 Å².